The van der Waals surface area contributed by atoms with Crippen LogP contribution in [0.3, 0.4) is 0 Å². The number of rotatable bonds is 2. The first kappa shape index (κ1) is 13.1. The molecule has 0 aromatic heterocycles. The standard InChI is InChI=1S/C13H14N2O4/c1-8(16)14-15-11(17)7-9-5-3-4-6-10(9)12(15)13(18)19-2/h3-6,12H,7H2,1-2H3,(H,14,16)/t12-/m1/s1. The molecule has 1 aliphatic heterocycles. The maximum atomic E-state index is 12.0. The van der Waals surface area contributed by atoms with Crippen LogP contribution < -0.4 is 5.43 Å². The minimum atomic E-state index is -0.939. The third-order valence-electron chi connectivity index (χ3n) is 2.92. The number of carbonyl (C=O) groups excluding carboxylic acids is 3. The number of amides is 2. The monoisotopic (exact) mass is 262 g/mol. The molecule has 1 N–H and O–H groups in total. The summed E-state index contributed by atoms with van der Waals surface area (Å²) in [6, 6.07) is 6.17. The number of hydrogen-bond acceptors (Lipinski definition) is 4. The molecule has 19 heavy (non-hydrogen) atoms. The topological polar surface area (TPSA) is 75.7 Å². The summed E-state index contributed by atoms with van der Waals surface area (Å²) in [7, 11) is 1.25. The fourth-order valence-corrected chi connectivity index (χ4v) is 2.13. The highest BCUT2D eigenvalue weighted by Crippen LogP contribution is 2.29. The second kappa shape index (κ2) is 5.09. The highest BCUT2D eigenvalue weighted by Gasteiger charge is 2.38. The van der Waals surface area contributed by atoms with Crippen molar-refractivity contribution in [2.45, 2.75) is 19.4 Å². The van der Waals surface area contributed by atoms with Crippen molar-refractivity contribution in [2.75, 3.05) is 7.11 Å². The lowest BCUT2D eigenvalue weighted by Gasteiger charge is -2.34. The lowest BCUT2D eigenvalue weighted by molar-refractivity contribution is -0.159. The lowest BCUT2D eigenvalue weighted by atomic mass is 9.93. The fourth-order valence-electron chi connectivity index (χ4n) is 2.13. The SMILES string of the molecule is COC(=O)[C@H]1c2ccccc2CC(=O)N1NC(C)=O. The van der Waals surface area contributed by atoms with Gasteiger partial charge in [0.15, 0.2) is 6.04 Å². The van der Waals surface area contributed by atoms with Crippen LogP contribution in [0.2, 0.25) is 0 Å². The van der Waals surface area contributed by atoms with Crippen LogP contribution in [-0.4, -0.2) is 29.9 Å². The van der Waals surface area contributed by atoms with E-state index in [9.17, 15) is 14.4 Å². The predicted octanol–water partition coefficient (Wildman–Crippen LogP) is 0.336. The molecule has 0 saturated carbocycles. The number of hydrogen-bond donors (Lipinski definition) is 1. The number of nitrogens with zero attached hydrogens (tertiary/aromatic N) is 1. The molecule has 0 spiro atoms. The van der Waals surface area contributed by atoms with E-state index < -0.39 is 17.9 Å². The zero-order chi connectivity index (χ0) is 14.0. The summed E-state index contributed by atoms with van der Waals surface area (Å²) < 4.78 is 4.72. The Morgan fingerprint density at radius 2 is 2.05 bits per heavy atom. The number of methoxy groups -OCH3 is 1. The van der Waals surface area contributed by atoms with Crippen molar-refractivity contribution < 1.29 is 19.1 Å². The Bertz CT molecular complexity index is 541. The third kappa shape index (κ3) is 2.42. The average molecular weight is 262 g/mol. The number of fused-ring (bicyclic) bond motifs is 1. The van der Waals surface area contributed by atoms with Crippen LogP contribution in [0.25, 0.3) is 0 Å². The lowest BCUT2D eigenvalue weighted by Crippen LogP contribution is -2.53. The first-order valence-electron chi connectivity index (χ1n) is 5.79. The number of hydrazine groups is 1. The van der Waals surface area contributed by atoms with E-state index in [0.717, 1.165) is 10.6 Å². The second-order valence-electron chi connectivity index (χ2n) is 4.23. The highest BCUT2D eigenvalue weighted by atomic mass is 16.5. The van der Waals surface area contributed by atoms with Gasteiger partial charge in [0, 0.05) is 6.92 Å². The van der Waals surface area contributed by atoms with Gasteiger partial charge in [0.2, 0.25) is 11.8 Å². The van der Waals surface area contributed by atoms with Crippen molar-refractivity contribution in [1.82, 2.24) is 10.4 Å². The van der Waals surface area contributed by atoms with Crippen molar-refractivity contribution in [1.29, 1.82) is 0 Å². The summed E-state index contributed by atoms with van der Waals surface area (Å²) in [4.78, 5) is 35.1. The van der Waals surface area contributed by atoms with Crippen LogP contribution in [0, 0.1) is 0 Å². The summed E-state index contributed by atoms with van der Waals surface area (Å²) in [5.74, 6) is -1.35. The van der Waals surface area contributed by atoms with Crippen molar-refractivity contribution in [3.63, 3.8) is 0 Å². The smallest absolute Gasteiger partial charge is 0.335 e. The van der Waals surface area contributed by atoms with Crippen molar-refractivity contribution >= 4 is 17.8 Å². The van der Waals surface area contributed by atoms with Crippen LogP contribution >= 0.6 is 0 Å². The van der Waals surface area contributed by atoms with Crippen LogP contribution in [0.5, 0.6) is 0 Å². The minimum absolute atomic E-state index is 0.143. The van der Waals surface area contributed by atoms with Gasteiger partial charge in [0.25, 0.3) is 0 Å². The molecule has 100 valence electrons. The molecule has 1 aromatic carbocycles. The Morgan fingerprint density at radius 3 is 2.68 bits per heavy atom. The zero-order valence-corrected chi connectivity index (χ0v) is 10.7. The van der Waals surface area contributed by atoms with Gasteiger partial charge < -0.3 is 4.74 Å². The minimum Gasteiger partial charge on any atom is -0.467 e. The normalized spacial score (nSPS) is 17.7. The Kier molecular flexibility index (Phi) is 3.50. The molecule has 2 rings (SSSR count). The Hall–Kier alpha value is -2.37. The molecule has 0 radical (unpaired) electrons. The number of benzene rings is 1. The van der Waals surface area contributed by atoms with Crippen molar-refractivity contribution in [3.05, 3.63) is 35.4 Å². The van der Waals surface area contributed by atoms with Crippen LogP contribution in [0.15, 0.2) is 24.3 Å². The molecule has 1 aliphatic rings. The molecule has 1 atom stereocenters. The van der Waals surface area contributed by atoms with Crippen LogP contribution in [-0.2, 0) is 25.5 Å². The van der Waals surface area contributed by atoms with E-state index in [0.29, 0.717) is 5.56 Å². The van der Waals surface area contributed by atoms with Crippen molar-refractivity contribution in [3.8, 4) is 0 Å². The van der Waals surface area contributed by atoms with E-state index in [4.69, 9.17) is 4.74 Å². The van der Waals surface area contributed by atoms with Gasteiger partial charge in [-0.05, 0) is 11.1 Å². The summed E-state index contributed by atoms with van der Waals surface area (Å²) in [6.45, 7) is 1.28. The van der Waals surface area contributed by atoms with Gasteiger partial charge in [0.05, 0.1) is 13.5 Å². The van der Waals surface area contributed by atoms with Gasteiger partial charge in [-0.1, -0.05) is 24.3 Å². The number of carbonyl (C=O) groups is 3. The van der Waals surface area contributed by atoms with E-state index >= 15 is 0 Å². The Labute approximate surface area is 110 Å². The largest absolute Gasteiger partial charge is 0.467 e. The molecular weight excluding hydrogens is 248 g/mol. The molecule has 0 unspecified atom stereocenters. The van der Waals surface area contributed by atoms with Gasteiger partial charge >= 0.3 is 5.97 Å². The van der Waals surface area contributed by atoms with E-state index in [1.807, 2.05) is 0 Å². The first-order chi connectivity index (χ1) is 9.04. The molecule has 1 heterocycles. The summed E-state index contributed by atoms with van der Waals surface area (Å²) in [6.07, 6.45) is 0.143. The second-order valence-corrected chi connectivity index (χ2v) is 4.23. The van der Waals surface area contributed by atoms with Crippen molar-refractivity contribution in [2.24, 2.45) is 0 Å². The fraction of sp³-hybridized carbons (Fsp3) is 0.308. The number of esters is 1. The highest BCUT2D eigenvalue weighted by molar-refractivity contribution is 5.91. The van der Waals surface area contributed by atoms with Gasteiger partial charge in [-0.2, -0.15) is 0 Å². The molecule has 0 bridgehead atoms. The molecule has 6 heteroatoms. The Balaban J connectivity index is 2.47. The van der Waals surface area contributed by atoms with Gasteiger partial charge in [-0.3, -0.25) is 15.0 Å². The van der Waals surface area contributed by atoms with E-state index in [-0.39, 0.29) is 12.3 Å². The zero-order valence-electron chi connectivity index (χ0n) is 10.7. The van der Waals surface area contributed by atoms with Gasteiger partial charge in [0.1, 0.15) is 0 Å². The third-order valence-corrected chi connectivity index (χ3v) is 2.92. The predicted molar refractivity (Wildman–Crippen MR) is 65.6 cm³/mol. The molecule has 6 nitrogen and oxygen atoms in total. The summed E-state index contributed by atoms with van der Waals surface area (Å²) >= 11 is 0. The van der Waals surface area contributed by atoms with Crippen LogP contribution in [0.1, 0.15) is 24.1 Å². The van der Waals surface area contributed by atoms with E-state index in [1.54, 1.807) is 24.3 Å². The molecule has 2 amide bonds. The molecule has 0 fully saturated rings. The molecule has 0 aliphatic carbocycles. The number of nitrogens with one attached hydrogen (secondary N) is 1. The Morgan fingerprint density at radius 1 is 1.37 bits per heavy atom. The average Bonchev–Trinajstić information content (AvgIpc) is 2.38. The summed E-state index contributed by atoms with van der Waals surface area (Å²) in [5.41, 5.74) is 3.82. The quantitative estimate of drug-likeness (QED) is 0.780. The van der Waals surface area contributed by atoms with Crippen LogP contribution in [0.4, 0.5) is 0 Å². The molecular formula is C13H14N2O4. The summed E-state index contributed by atoms with van der Waals surface area (Å²) in [5, 5.41) is 1.04. The van der Waals surface area contributed by atoms with Gasteiger partial charge in [-0.15, -0.1) is 0 Å². The number of ether oxygens (including phenoxy) is 1. The van der Waals surface area contributed by atoms with E-state index in [1.165, 1.54) is 14.0 Å². The van der Waals surface area contributed by atoms with Gasteiger partial charge in [-0.25, -0.2) is 9.80 Å². The molecule has 0 saturated heterocycles. The maximum absolute atomic E-state index is 12.0. The first-order valence-corrected chi connectivity index (χ1v) is 5.79. The maximum Gasteiger partial charge on any atom is 0.335 e. The van der Waals surface area contributed by atoms with E-state index in [2.05, 4.69) is 5.43 Å². The molecule has 1 aromatic rings.